The van der Waals surface area contributed by atoms with E-state index in [-0.39, 0.29) is 40.6 Å². The number of benzene rings is 1. The molecule has 1 atom stereocenters. The smallest absolute Gasteiger partial charge is 0.417 e. The maximum Gasteiger partial charge on any atom is 0.417 e. The second kappa shape index (κ2) is 10.7. The number of fused-ring (bicyclic) bond motifs is 2. The maximum absolute atomic E-state index is 15.3. The van der Waals surface area contributed by atoms with Gasteiger partial charge in [0.2, 0.25) is 0 Å². The molecule has 0 spiro atoms. The van der Waals surface area contributed by atoms with Gasteiger partial charge >= 0.3 is 12.2 Å². The monoisotopic (exact) mass is 629 g/mol. The number of nitrogens with zero attached hydrogens (tertiary/aromatic N) is 5. The molecule has 0 unspecified atom stereocenters. The molecule has 3 saturated heterocycles. The number of rotatable bonds is 5. The Balaban J connectivity index is 1.59. The van der Waals surface area contributed by atoms with Gasteiger partial charge in [-0.15, -0.1) is 5.10 Å². The van der Waals surface area contributed by atoms with E-state index in [0.29, 0.717) is 19.6 Å². The highest BCUT2D eigenvalue weighted by molar-refractivity contribution is 6.37. The third-order valence-corrected chi connectivity index (χ3v) is 9.21. The number of hydrogen-bond acceptors (Lipinski definition) is 8. The fourth-order valence-corrected chi connectivity index (χ4v) is 6.98. The van der Waals surface area contributed by atoms with Gasteiger partial charge in [0.1, 0.15) is 12.1 Å². The van der Waals surface area contributed by atoms with E-state index in [9.17, 15) is 18.0 Å². The van der Waals surface area contributed by atoms with Crippen molar-refractivity contribution >= 4 is 40.2 Å². The Labute approximate surface area is 248 Å². The average molecular weight is 630 g/mol. The van der Waals surface area contributed by atoms with Crippen molar-refractivity contribution in [3.05, 3.63) is 43.9 Å². The van der Waals surface area contributed by atoms with Crippen LogP contribution in [0.1, 0.15) is 38.2 Å². The number of hydrogen-bond donors (Lipinski definition) is 2. The fourth-order valence-electron chi connectivity index (χ4n) is 6.52. The number of anilines is 2. The lowest BCUT2D eigenvalue weighted by molar-refractivity contribution is -0.137. The molecule has 0 amide bonds. The number of nitrogens with two attached hydrogens (primary N) is 1. The summed E-state index contributed by atoms with van der Waals surface area (Å²) in [5, 5.41) is 6.61. The maximum atomic E-state index is 15.3. The summed E-state index contributed by atoms with van der Waals surface area (Å²) in [6.07, 6.45) is -1.13. The number of piperazine rings is 1. The largest absolute Gasteiger partial charge is 0.460 e. The van der Waals surface area contributed by atoms with Crippen molar-refractivity contribution < 1.29 is 22.3 Å². The molecule has 0 saturated carbocycles. The molecule has 6 rings (SSSR count). The van der Waals surface area contributed by atoms with E-state index in [4.69, 9.17) is 33.7 Å². The molecule has 3 fully saturated rings. The zero-order valence-electron chi connectivity index (χ0n) is 22.7. The molecular formula is C27H29Cl2F4N7O2. The third kappa shape index (κ3) is 4.83. The van der Waals surface area contributed by atoms with Gasteiger partial charge in [-0.2, -0.15) is 22.7 Å². The van der Waals surface area contributed by atoms with Crippen LogP contribution in [0.3, 0.4) is 0 Å². The second-order valence-corrected chi connectivity index (χ2v) is 12.0. The lowest BCUT2D eigenvalue weighted by Crippen LogP contribution is -2.50. The standard InChI is InChI=1S/C27H29Cl2F4N7O2/c1-14-12-35-6-9-39(14)23-18-10-15(27(31,32)33)19(20-21(30)16(28)11-17(29)22(20)34)24(41)40(18)37-25(36-23)42-13-26-4-2-7-38(26)8-3-5-26/h10-11,14,35H,2-9,12-13,34H2,1H3/t14-/m0/s1. The van der Waals surface area contributed by atoms with Crippen LogP contribution in [0, 0.1) is 5.82 Å². The fraction of sp³-hybridized carbons (Fsp3) is 0.519. The minimum atomic E-state index is -5.08. The summed E-state index contributed by atoms with van der Waals surface area (Å²) >= 11 is 12.0. The van der Waals surface area contributed by atoms with Crippen molar-refractivity contribution in [2.24, 2.45) is 0 Å². The molecule has 15 heteroatoms. The molecule has 1 aromatic carbocycles. The van der Waals surface area contributed by atoms with Crippen LogP contribution in [0.5, 0.6) is 6.01 Å². The Bertz CT molecular complexity index is 1580. The van der Waals surface area contributed by atoms with Crippen LogP contribution >= 0.6 is 23.2 Å². The van der Waals surface area contributed by atoms with Crippen molar-refractivity contribution in [3.63, 3.8) is 0 Å². The number of halogens is 6. The second-order valence-electron chi connectivity index (χ2n) is 11.1. The topological polar surface area (TPSA) is 101 Å². The molecule has 5 heterocycles. The van der Waals surface area contributed by atoms with Crippen LogP contribution in [0.25, 0.3) is 16.6 Å². The highest BCUT2D eigenvalue weighted by Crippen LogP contribution is 2.44. The van der Waals surface area contributed by atoms with Crippen molar-refractivity contribution in [2.75, 3.05) is 50.0 Å². The van der Waals surface area contributed by atoms with E-state index in [1.807, 2.05) is 6.92 Å². The van der Waals surface area contributed by atoms with Gasteiger partial charge in [-0.05, 0) is 57.8 Å². The predicted molar refractivity (Wildman–Crippen MR) is 152 cm³/mol. The summed E-state index contributed by atoms with van der Waals surface area (Å²) in [7, 11) is 0. The highest BCUT2D eigenvalue weighted by atomic mass is 35.5. The Kier molecular flexibility index (Phi) is 7.43. The number of pyridine rings is 1. The minimum absolute atomic E-state index is 0.105. The van der Waals surface area contributed by atoms with Crippen LogP contribution in [-0.2, 0) is 6.18 Å². The molecule has 0 aliphatic carbocycles. The highest BCUT2D eigenvalue weighted by Gasteiger charge is 2.45. The number of aromatic nitrogens is 3. The number of nitrogens with one attached hydrogen (secondary N) is 1. The van der Waals surface area contributed by atoms with Gasteiger partial charge in [-0.1, -0.05) is 23.2 Å². The first-order valence-electron chi connectivity index (χ1n) is 13.7. The van der Waals surface area contributed by atoms with Gasteiger partial charge in [0.25, 0.3) is 5.56 Å². The Morgan fingerprint density at radius 1 is 1.14 bits per heavy atom. The zero-order valence-corrected chi connectivity index (χ0v) is 24.2. The van der Waals surface area contributed by atoms with Crippen LogP contribution in [0.15, 0.2) is 16.9 Å². The number of ether oxygens (including phenoxy) is 1. The van der Waals surface area contributed by atoms with Gasteiger partial charge in [0.05, 0.1) is 32.4 Å². The van der Waals surface area contributed by atoms with Crippen LogP contribution in [0.4, 0.5) is 29.1 Å². The number of alkyl halides is 3. The normalized spacial score (nSPS) is 20.8. The van der Waals surface area contributed by atoms with Gasteiger partial charge in [-0.25, -0.2) is 4.39 Å². The minimum Gasteiger partial charge on any atom is -0.460 e. The molecule has 2 aromatic heterocycles. The van der Waals surface area contributed by atoms with E-state index >= 15 is 4.39 Å². The van der Waals surface area contributed by atoms with E-state index in [1.54, 1.807) is 4.90 Å². The molecule has 0 radical (unpaired) electrons. The molecule has 3 N–H and O–H groups in total. The average Bonchev–Trinajstić information content (AvgIpc) is 3.52. The van der Waals surface area contributed by atoms with Crippen LogP contribution in [0.2, 0.25) is 10.0 Å². The number of nitrogen functional groups attached to an aromatic ring is 1. The summed E-state index contributed by atoms with van der Waals surface area (Å²) in [5.41, 5.74) is 0.444. The summed E-state index contributed by atoms with van der Waals surface area (Å²) in [4.78, 5) is 22.7. The first kappa shape index (κ1) is 29.2. The lowest BCUT2D eigenvalue weighted by Gasteiger charge is -2.35. The van der Waals surface area contributed by atoms with Gasteiger partial charge in [-0.3, -0.25) is 9.69 Å². The molecule has 3 aliphatic rings. The lowest BCUT2D eigenvalue weighted by atomic mass is 9.95. The van der Waals surface area contributed by atoms with Crippen molar-refractivity contribution in [3.8, 4) is 17.1 Å². The first-order chi connectivity index (χ1) is 19.9. The van der Waals surface area contributed by atoms with Crippen LogP contribution in [-0.4, -0.2) is 70.4 Å². The quantitative estimate of drug-likeness (QED) is 0.240. The predicted octanol–water partition coefficient (Wildman–Crippen LogP) is 4.61. The van der Waals surface area contributed by atoms with Crippen LogP contribution < -0.4 is 26.2 Å². The summed E-state index contributed by atoms with van der Waals surface area (Å²) < 4.78 is 66.0. The molecule has 3 aliphatic heterocycles. The first-order valence-corrected chi connectivity index (χ1v) is 14.5. The van der Waals surface area contributed by atoms with Crippen molar-refractivity contribution in [1.29, 1.82) is 0 Å². The van der Waals surface area contributed by atoms with Gasteiger partial charge in [0.15, 0.2) is 11.6 Å². The summed E-state index contributed by atoms with van der Waals surface area (Å²) in [6.45, 7) is 5.58. The SMILES string of the molecule is C[C@H]1CNCCN1c1nc(OCC23CCCN2CCC3)nn2c(=O)c(-c3c(N)c(Cl)cc(Cl)c3F)c(C(F)(F)F)cc12. The summed E-state index contributed by atoms with van der Waals surface area (Å²) in [6, 6.07) is 1.37. The van der Waals surface area contributed by atoms with Gasteiger partial charge < -0.3 is 20.7 Å². The molecular weight excluding hydrogens is 601 g/mol. The third-order valence-electron chi connectivity index (χ3n) is 8.62. The Morgan fingerprint density at radius 3 is 2.52 bits per heavy atom. The van der Waals surface area contributed by atoms with E-state index in [0.717, 1.165) is 55.4 Å². The van der Waals surface area contributed by atoms with E-state index < -0.39 is 45.0 Å². The van der Waals surface area contributed by atoms with Crippen molar-refractivity contribution in [2.45, 2.75) is 50.4 Å². The molecule has 226 valence electrons. The Morgan fingerprint density at radius 2 is 1.86 bits per heavy atom. The zero-order chi connectivity index (χ0) is 30.0. The van der Waals surface area contributed by atoms with E-state index in [1.165, 1.54) is 0 Å². The van der Waals surface area contributed by atoms with E-state index in [2.05, 4.69) is 20.3 Å². The molecule has 42 heavy (non-hydrogen) atoms. The molecule has 0 bridgehead atoms. The van der Waals surface area contributed by atoms with Crippen molar-refractivity contribution in [1.82, 2.24) is 24.8 Å². The van der Waals surface area contributed by atoms with Gasteiger partial charge in [0, 0.05) is 31.2 Å². The molecule has 9 nitrogen and oxygen atoms in total. The Hall–Kier alpha value is -2.87. The molecule has 3 aromatic rings. The summed E-state index contributed by atoms with van der Waals surface area (Å²) in [5.74, 6) is -1.20.